The number of anilines is 2. The highest BCUT2D eigenvalue weighted by molar-refractivity contribution is 6.06. The fourth-order valence-corrected chi connectivity index (χ4v) is 4.77. The van der Waals surface area contributed by atoms with Crippen molar-refractivity contribution in [3.63, 3.8) is 0 Å². The lowest BCUT2D eigenvalue weighted by Gasteiger charge is -2.27. The molecule has 2 aliphatic rings. The fourth-order valence-electron chi connectivity index (χ4n) is 4.77. The van der Waals surface area contributed by atoms with Gasteiger partial charge in [0, 0.05) is 42.9 Å². The Morgan fingerprint density at radius 2 is 1.70 bits per heavy atom. The summed E-state index contributed by atoms with van der Waals surface area (Å²) in [5.41, 5.74) is 2.41. The summed E-state index contributed by atoms with van der Waals surface area (Å²) in [5, 5.41) is 3.47. The smallest absolute Gasteiger partial charge is 0.261 e. The topological polar surface area (TPSA) is 84.3 Å². The minimum atomic E-state index is -0.271. The van der Waals surface area contributed by atoms with Gasteiger partial charge in [0.2, 0.25) is 5.91 Å². The molecule has 170 valence electrons. The van der Waals surface area contributed by atoms with E-state index in [1.807, 2.05) is 24.3 Å². The molecule has 0 unspecified atom stereocenters. The van der Waals surface area contributed by atoms with Gasteiger partial charge in [-0.3, -0.25) is 19.0 Å². The van der Waals surface area contributed by atoms with Crippen LogP contribution in [0.1, 0.15) is 61.1 Å². The number of aromatic nitrogens is 2. The summed E-state index contributed by atoms with van der Waals surface area (Å²) in [4.78, 5) is 44.8. The van der Waals surface area contributed by atoms with E-state index in [1.165, 1.54) is 0 Å². The van der Waals surface area contributed by atoms with Crippen molar-refractivity contribution in [2.75, 3.05) is 16.8 Å². The number of hydrogen-bond acceptors (Lipinski definition) is 4. The van der Waals surface area contributed by atoms with E-state index in [2.05, 4.69) is 5.32 Å². The minimum absolute atomic E-state index is 0.0252. The number of rotatable bonds is 3. The van der Waals surface area contributed by atoms with E-state index in [0.717, 1.165) is 56.5 Å². The molecule has 1 N–H and O–H groups in total. The van der Waals surface area contributed by atoms with Crippen molar-refractivity contribution < 1.29 is 9.59 Å². The monoisotopic (exact) mass is 444 g/mol. The molecule has 0 saturated carbocycles. The van der Waals surface area contributed by atoms with Crippen LogP contribution in [0.5, 0.6) is 0 Å². The van der Waals surface area contributed by atoms with E-state index < -0.39 is 0 Å². The second-order valence-electron chi connectivity index (χ2n) is 8.89. The number of carbonyl (C=O) groups is 2. The van der Waals surface area contributed by atoms with Gasteiger partial charge in [0.05, 0.1) is 10.9 Å². The molecule has 1 aromatic heterocycles. The highest BCUT2D eigenvalue weighted by Gasteiger charge is 2.20. The van der Waals surface area contributed by atoms with Gasteiger partial charge in [0.15, 0.2) is 0 Å². The first-order chi connectivity index (χ1) is 16.1. The summed E-state index contributed by atoms with van der Waals surface area (Å²) in [6, 6.07) is 12.4. The number of benzene rings is 2. The summed E-state index contributed by atoms with van der Waals surface area (Å²) >= 11 is 0. The van der Waals surface area contributed by atoms with Crippen LogP contribution in [-0.4, -0.2) is 27.9 Å². The number of fused-ring (bicyclic) bond motifs is 2. The molecule has 0 bridgehead atoms. The number of piperidine rings is 1. The van der Waals surface area contributed by atoms with Crippen molar-refractivity contribution in [3.05, 3.63) is 64.2 Å². The van der Waals surface area contributed by atoms with Crippen molar-refractivity contribution in [1.29, 1.82) is 0 Å². The van der Waals surface area contributed by atoms with E-state index in [-0.39, 0.29) is 17.4 Å². The molecule has 2 aliphatic heterocycles. The number of amides is 2. The van der Waals surface area contributed by atoms with Crippen LogP contribution in [0.4, 0.5) is 11.4 Å². The average molecular weight is 445 g/mol. The van der Waals surface area contributed by atoms with Crippen LogP contribution in [0.2, 0.25) is 0 Å². The SMILES string of the molecule is O=C(Nc1cccc(N2CCCCC2=O)c1)c1ccc2c(=O)n3c(nc2c1)CCCCCC3. The van der Waals surface area contributed by atoms with Crippen LogP contribution >= 0.6 is 0 Å². The highest BCUT2D eigenvalue weighted by atomic mass is 16.2. The molecule has 1 fully saturated rings. The lowest BCUT2D eigenvalue weighted by Crippen LogP contribution is -2.35. The molecule has 0 aliphatic carbocycles. The van der Waals surface area contributed by atoms with E-state index in [4.69, 9.17) is 4.98 Å². The average Bonchev–Trinajstić information content (AvgIpc) is 2.80. The third-order valence-electron chi connectivity index (χ3n) is 6.57. The molecule has 7 heteroatoms. The van der Waals surface area contributed by atoms with Crippen LogP contribution in [0.25, 0.3) is 10.9 Å². The van der Waals surface area contributed by atoms with Crippen LogP contribution in [0.3, 0.4) is 0 Å². The van der Waals surface area contributed by atoms with Crippen molar-refractivity contribution in [2.45, 2.75) is 57.9 Å². The Morgan fingerprint density at radius 3 is 2.58 bits per heavy atom. The molecule has 2 amide bonds. The van der Waals surface area contributed by atoms with E-state index in [1.54, 1.807) is 27.7 Å². The summed E-state index contributed by atoms with van der Waals surface area (Å²) < 4.78 is 1.80. The molecule has 1 saturated heterocycles. The molecule has 3 heterocycles. The number of nitrogens with one attached hydrogen (secondary N) is 1. The van der Waals surface area contributed by atoms with Gasteiger partial charge in [0.25, 0.3) is 11.5 Å². The number of carbonyl (C=O) groups excluding carboxylic acids is 2. The van der Waals surface area contributed by atoms with Crippen LogP contribution < -0.4 is 15.8 Å². The Balaban J connectivity index is 1.41. The molecule has 0 radical (unpaired) electrons. The van der Waals surface area contributed by atoms with Gasteiger partial charge in [0.1, 0.15) is 5.82 Å². The zero-order valence-electron chi connectivity index (χ0n) is 18.7. The lowest BCUT2D eigenvalue weighted by molar-refractivity contribution is -0.119. The quantitative estimate of drug-likeness (QED) is 0.653. The van der Waals surface area contributed by atoms with Gasteiger partial charge >= 0.3 is 0 Å². The molecular formula is C26H28N4O3. The summed E-state index contributed by atoms with van der Waals surface area (Å²) in [6.45, 7) is 1.40. The van der Waals surface area contributed by atoms with E-state index in [0.29, 0.717) is 41.7 Å². The number of aryl methyl sites for hydroxylation is 1. The van der Waals surface area contributed by atoms with Crippen molar-refractivity contribution in [1.82, 2.24) is 9.55 Å². The number of nitrogens with zero attached hydrogens (tertiary/aromatic N) is 3. The van der Waals surface area contributed by atoms with E-state index in [9.17, 15) is 14.4 Å². The third kappa shape index (κ3) is 4.40. The molecule has 33 heavy (non-hydrogen) atoms. The maximum atomic E-state index is 13.0. The predicted molar refractivity (Wildman–Crippen MR) is 129 cm³/mol. The minimum Gasteiger partial charge on any atom is -0.322 e. The van der Waals surface area contributed by atoms with Crippen LogP contribution in [0.15, 0.2) is 47.3 Å². The maximum Gasteiger partial charge on any atom is 0.261 e. The molecular weight excluding hydrogens is 416 g/mol. The third-order valence-corrected chi connectivity index (χ3v) is 6.57. The first-order valence-corrected chi connectivity index (χ1v) is 11.9. The molecule has 7 nitrogen and oxygen atoms in total. The second kappa shape index (κ2) is 9.17. The Hall–Kier alpha value is -3.48. The Kier molecular flexibility index (Phi) is 5.94. The molecule has 2 aromatic carbocycles. The van der Waals surface area contributed by atoms with Crippen molar-refractivity contribution >= 4 is 34.1 Å². The first kappa shape index (κ1) is 21.4. The lowest BCUT2D eigenvalue weighted by atomic mass is 10.1. The first-order valence-electron chi connectivity index (χ1n) is 11.9. The Labute approximate surface area is 192 Å². The van der Waals surface area contributed by atoms with Gasteiger partial charge in [-0.25, -0.2) is 4.98 Å². The predicted octanol–water partition coefficient (Wildman–Crippen LogP) is 4.28. The Bertz CT molecular complexity index is 1280. The Morgan fingerprint density at radius 1 is 0.879 bits per heavy atom. The van der Waals surface area contributed by atoms with Gasteiger partial charge in [-0.05, 0) is 62.1 Å². The standard InChI is InChI=1S/C26H28N4O3/c31-24-11-4-6-14-29(24)20-9-7-8-19(17-20)27-25(32)18-12-13-21-22(16-18)28-23-10-3-1-2-5-15-30(23)26(21)33/h7-9,12-13,16-17H,1-6,10-11,14-15H2,(H,27,32). The second-order valence-corrected chi connectivity index (χ2v) is 8.89. The zero-order chi connectivity index (χ0) is 22.8. The maximum absolute atomic E-state index is 13.0. The van der Waals surface area contributed by atoms with Gasteiger partial charge in [-0.1, -0.05) is 18.9 Å². The normalized spacial score (nSPS) is 16.7. The van der Waals surface area contributed by atoms with Crippen molar-refractivity contribution in [2.24, 2.45) is 0 Å². The van der Waals surface area contributed by atoms with Gasteiger partial charge < -0.3 is 10.2 Å². The molecule has 3 aromatic rings. The molecule has 0 spiro atoms. The largest absolute Gasteiger partial charge is 0.322 e. The zero-order valence-corrected chi connectivity index (χ0v) is 18.7. The van der Waals surface area contributed by atoms with Gasteiger partial charge in [-0.15, -0.1) is 0 Å². The summed E-state index contributed by atoms with van der Waals surface area (Å²) in [7, 11) is 0. The highest BCUT2D eigenvalue weighted by Crippen LogP contribution is 2.24. The van der Waals surface area contributed by atoms with Crippen LogP contribution in [0, 0.1) is 0 Å². The summed E-state index contributed by atoms with van der Waals surface area (Å²) in [6.07, 6.45) is 7.55. The van der Waals surface area contributed by atoms with Gasteiger partial charge in [-0.2, -0.15) is 0 Å². The van der Waals surface area contributed by atoms with Crippen molar-refractivity contribution in [3.8, 4) is 0 Å². The number of hydrogen-bond donors (Lipinski definition) is 1. The summed E-state index contributed by atoms with van der Waals surface area (Å²) in [5.74, 6) is 0.655. The fraction of sp³-hybridized carbons (Fsp3) is 0.385. The molecule has 5 rings (SSSR count). The van der Waals surface area contributed by atoms with E-state index >= 15 is 0 Å². The van der Waals surface area contributed by atoms with Crippen LogP contribution in [-0.2, 0) is 17.8 Å². The molecule has 0 atom stereocenters.